The molecule has 1 aliphatic heterocycles. The van der Waals surface area contributed by atoms with E-state index in [0.717, 1.165) is 0 Å². The van der Waals surface area contributed by atoms with Gasteiger partial charge in [0.2, 0.25) is 5.91 Å². The fourth-order valence-electron chi connectivity index (χ4n) is 2.55. The summed E-state index contributed by atoms with van der Waals surface area (Å²) in [6.07, 6.45) is 5.01. The Morgan fingerprint density at radius 3 is 2.84 bits per heavy atom. The number of rotatable bonds is 4. The summed E-state index contributed by atoms with van der Waals surface area (Å²) in [7, 11) is 0. The van der Waals surface area contributed by atoms with E-state index >= 15 is 0 Å². The third kappa shape index (κ3) is 3.33. The van der Waals surface area contributed by atoms with Gasteiger partial charge >= 0.3 is 5.97 Å². The van der Waals surface area contributed by atoms with Gasteiger partial charge in [0.1, 0.15) is 0 Å². The number of carboxylic acid groups (broad SMARTS) is 1. The van der Waals surface area contributed by atoms with Crippen LogP contribution in [-0.4, -0.2) is 44.3 Å². The van der Waals surface area contributed by atoms with Gasteiger partial charge in [-0.2, -0.15) is 5.10 Å². The highest BCUT2D eigenvalue weighted by Gasteiger charge is 2.31. The van der Waals surface area contributed by atoms with Crippen LogP contribution in [0.5, 0.6) is 0 Å². The van der Waals surface area contributed by atoms with Crippen LogP contribution in [0.2, 0.25) is 0 Å². The van der Waals surface area contributed by atoms with E-state index in [1.807, 2.05) is 19.2 Å². The van der Waals surface area contributed by atoms with Crippen LogP contribution in [0.15, 0.2) is 18.5 Å². The van der Waals surface area contributed by atoms with Gasteiger partial charge in [0, 0.05) is 37.9 Å². The van der Waals surface area contributed by atoms with Gasteiger partial charge in [0.05, 0.1) is 5.92 Å². The summed E-state index contributed by atoms with van der Waals surface area (Å²) < 4.78 is 1.73. The van der Waals surface area contributed by atoms with Crippen LogP contribution in [0.25, 0.3) is 0 Å². The Morgan fingerprint density at radius 1 is 1.47 bits per heavy atom. The molecule has 0 bridgehead atoms. The number of nitrogens with zero attached hydrogens (tertiary/aromatic N) is 3. The van der Waals surface area contributed by atoms with Crippen LogP contribution < -0.4 is 0 Å². The predicted octanol–water partition coefficient (Wildman–Crippen LogP) is 0.985. The minimum Gasteiger partial charge on any atom is -0.481 e. The first-order valence-corrected chi connectivity index (χ1v) is 6.57. The molecule has 0 unspecified atom stereocenters. The van der Waals surface area contributed by atoms with Crippen molar-refractivity contribution < 1.29 is 14.7 Å². The van der Waals surface area contributed by atoms with Crippen molar-refractivity contribution in [3.05, 3.63) is 18.5 Å². The number of carbonyl (C=O) groups excluding carboxylic acids is 1. The van der Waals surface area contributed by atoms with Crippen LogP contribution >= 0.6 is 0 Å². The van der Waals surface area contributed by atoms with Gasteiger partial charge in [-0.15, -0.1) is 0 Å². The molecule has 1 aliphatic rings. The molecule has 1 aromatic rings. The Morgan fingerprint density at radius 2 is 2.26 bits per heavy atom. The van der Waals surface area contributed by atoms with Crippen LogP contribution in [0, 0.1) is 5.92 Å². The second kappa shape index (κ2) is 5.86. The Bertz CT molecular complexity index is 444. The Hall–Kier alpha value is -1.85. The Kier molecular flexibility index (Phi) is 4.19. The molecule has 0 spiro atoms. The molecule has 1 N–H and O–H groups in total. The number of aromatic nitrogens is 2. The summed E-state index contributed by atoms with van der Waals surface area (Å²) in [5.41, 5.74) is 0. The number of aryl methyl sites for hydroxylation is 1. The number of amides is 1. The number of hydrogen-bond donors (Lipinski definition) is 1. The summed E-state index contributed by atoms with van der Waals surface area (Å²) >= 11 is 0. The van der Waals surface area contributed by atoms with E-state index < -0.39 is 5.97 Å². The van der Waals surface area contributed by atoms with Crippen molar-refractivity contribution in [1.29, 1.82) is 0 Å². The average molecular weight is 265 g/mol. The highest BCUT2D eigenvalue weighted by Crippen LogP contribution is 2.23. The van der Waals surface area contributed by atoms with Crippen molar-refractivity contribution >= 4 is 11.9 Å². The molecule has 0 aromatic carbocycles. The van der Waals surface area contributed by atoms with Gasteiger partial charge in [0.25, 0.3) is 0 Å². The van der Waals surface area contributed by atoms with E-state index in [-0.39, 0.29) is 17.9 Å². The highest BCUT2D eigenvalue weighted by molar-refractivity contribution is 5.77. The smallest absolute Gasteiger partial charge is 0.306 e. The van der Waals surface area contributed by atoms with E-state index in [1.54, 1.807) is 15.8 Å². The molecule has 1 amide bonds. The summed E-state index contributed by atoms with van der Waals surface area (Å²) in [6, 6.07) is 1.82. The van der Waals surface area contributed by atoms with Crippen LogP contribution in [-0.2, 0) is 16.1 Å². The number of carboxylic acids is 1. The van der Waals surface area contributed by atoms with Crippen LogP contribution in [0.3, 0.4) is 0 Å². The van der Waals surface area contributed by atoms with Gasteiger partial charge in [0.15, 0.2) is 0 Å². The molecular weight excluding hydrogens is 246 g/mol. The Labute approximate surface area is 112 Å². The first-order chi connectivity index (χ1) is 9.08. The maximum Gasteiger partial charge on any atom is 0.306 e. The molecule has 0 saturated carbocycles. The molecular formula is C13H19N3O3. The highest BCUT2D eigenvalue weighted by atomic mass is 16.4. The number of hydrogen-bond acceptors (Lipinski definition) is 3. The van der Waals surface area contributed by atoms with Crippen LogP contribution in [0.4, 0.5) is 0 Å². The molecule has 2 heterocycles. The third-order valence-corrected chi connectivity index (χ3v) is 3.66. The SMILES string of the molecule is C[C@@H]1C[C@H](C(=O)O)CCN1C(=O)CCn1cccn1. The summed E-state index contributed by atoms with van der Waals surface area (Å²) in [5, 5.41) is 13.1. The molecule has 6 heteroatoms. The summed E-state index contributed by atoms with van der Waals surface area (Å²) in [6.45, 7) is 3.02. The molecule has 2 rings (SSSR count). The summed E-state index contributed by atoms with van der Waals surface area (Å²) in [4.78, 5) is 24.9. The largest absolute Gasteiger partial charge is 0.481 e. The standard InChI is InChI=1S/C13H19N3O3/c1-10-9-11(13(18)19)3-8-16(10)12(17)4-7-15-6-2-5-14-15/h2,5-6,10-11H,3-4,7-9H2,1H3,(H,18,19)/t10-,11-/m1/s1. The lowest BCUT2D eigenvalue weighted by molar-refractivity contribution is -0.147. The molecule has 6 nitrogen and oxygen atoms in total. The van der Waals surface area contributed by atoms with Gasteiger partial charge in [-0.05, 0) is 25.8 Å². The molecule has 0 aliphatic carbocycles. The monoisotopic (exact) mass is 265 g/mol. The third-order valence-electron chi connectivity index (χ3n) is 3.66. The van der Waals surface area contributed by atoms with Gasteiger partial charge in [-0.1, -0.05) is 0 Å². The number of likely N-dealkylation sites (tertiary alicyclic amines) is 1. The van der Waals surface area contributed by atoms with Gasteiger partial charge < -0.3 is 10.0 Å². The van der Waals surface area contributed by atoms with Crippen molar-refractivity contribution in [2.24, 2.45) is 5.92 Å². The van der Waals surface area contributed by atoms with Crippen molar-refractivity contribution in [2.45, 2.75) is 38.8 Å². The maximum atomic E-state index is 12.1. The topological polar surface area (TPSA) is 75.4 Å². The van der Waals surface area contributed by atoms with Crippen molar-refractivity contribution in [2.75, 3.05) is 6.54 Å². The molecule has 19 heavy (non-hydrogen) atoms. The number of carbonyl (C=O) groups is 2. The quantitative estimate of drug-likeness (QED) is 0.880. The lowest BCUT2D eigenvalue weighted by atomic mass is 9.91. The summed E-state index contributed by atoms with van der Waals surface area (Å²) in [5.74, 6) is -0.993. The zero-order chi connectivity index (χ0) is 13.8. The van der Waals surface area contributed by atoms with Gasteiger partial charge in [-0.25, -0.2) is 0 Å². The molecule has 0 radical (unpaired) electrons. The van der Waals surface area contributed by atoms with Crippen LogP contribution in [0.1, 0.15) is 26.2 Å². The van der Waals surface area contributed by atoms with Crippen molar-refractivity contribution in [3.8, 4) is 0 Å². The first-order valence-electron chi connectivity index (χ1n) is 6.57. The van der Waals surface area contributed by atoms with Crippen molar-refractivity contribution in [1.82, 2.24) is 14.7 Å². The van der Waals surface area contributed by atoms with E-state index in [1.165, 1.54) is 0 Å². The maximum absolute atomic E-state index is 12.1. The Balaban J connectivity index is 1.84. The molecule has 1 saturated heterocycles. The molecule has 2 atom stereocenters. The lowest BCUT2D eigenvalue weighted by Crippen LogP contribution is -2.46. The molecule has 1 fully saturated rings. The molecule has 1 aromatic heterocycles. The number of piperidine rings is 1. The minimum atomic E-state index is -0.754. The predicted molar refractivity (Wildman–Crippen MR) is 68.4 cm³/mol. The average Bonchev–Trinajstić information content (AvgIpc) is 2.88. The lowest BCUT2D eigenvalue weighted by Gasteiger charge is -2.36. The molecule has 104 valence electrons. The fourth-order valence-corrected chi connectivity index (χ4v) is 2.55. The minimum absolute atomic E-state index is 0.0000265. The van der Waals surface area contributed by atoms with E-state index in [2.05, 4.69) is 5.10 Å². The van der Waals surface area contributed by atoms with E-state index in [0.29, 0.717) is 32.4 Å². The van der Waals surface area contributed by atoms with Crippen molar-refractivity contribution in [3.63, 3.8) is 0 Å². The normalized spacial score (nSPS) is 23.3. The first kappa shape index (κ1) is 13.6. The fraction of sp³-hybridized carbons (Fsp3) is 0.615. The van der Waals surface area contributed by atoms with Gasteiger partial charge in [-0.3, -0.25) is 14.3 Å². The second-order valence-corrected chi connectivity index (χ2v) is 5.01. The zero-order valence-corrected chi connectivity index (χ0v) is 11.0. The van der Waals surface area contributed by atoms with E-state index in [4.69, 9.17) is 5.11 Å². The zero-order valence-electron chi connectivity index (χ0n) is 11.0. The number of aliphatic carboxylic acids is 1. The van der Waals surface area contributed by atoms with E-state index in [9.17, 15) is 9.59 Å². The second-order valence-electron chi connectivity index (χ2n) is 5.01.